The molecule has 7 nitrogen and oxygen atoms in total. The Morgan fingerprint density at radius 2 is 2.11 bits per heavy atom. The number of nitrogens with one attached hydrogen (secondary N) is 2. The summed E-state index contributed by atoms with van der Waals surface area (Å²) in [5.74, 6) is 0.209. The molecule has 1 unspecified atom stereocenters. The molecule has 1 aromatic carbocycles. The number of rotatable bonds is 3. The number of aromatic nitrogens is 2. The zero-order chi connectivity index (χ0) is 19.1. The molecule has 1 aromatic heterocycles. The van der Waals surface area contributed by atoms with E-state index in [1.165, 1.54) is 18.9 Å². The minimum Gasteiger partial charge on any atom is -0.504 e. The fourth-order valence-electron chi connectivity index (χ4n) is 3.76. The predicted molar refractivity (Wildman–Crippen MR) is 103 cm³/mol. The number of anilines is 1. The van der Waals surface area contributed by atoms with Gasteiger partial charge < -0.3 is 20.1 Å². The van der Waals surface area contributed by atoms with Crippen molar-refractivity contribution in [3.63, 3.8) is 0 Å². The maximum Gasteiger partial charge on any atom is 0.257 e. The lowest BCUT2D eigenvalue weighted by atomic mass is 9.76. The summed E-state index contributed by atoms with van der Waals surface area (Å²) in [5.41, 5.74) is 2.16. The van der Waals surface area contributed by atoms with Crippen molar-refractivity contribution in [1.29, 1.82) is 0 Å². The van der Waals surface area contributed by atoms with E-state index < -0.39 is 5.92 Å². The monoisotopic (exact) mass is 385 g/mol. The molecule has 0 saturated carbocycles. The van der Waals surface area contributed by atoms with Crippen molar-refractivity contribution in [3.8, 4) is 11.5 Å². The molecule has 0 bridgehead atoms. The molecule has 1 aliphatic carbocycles. The number of thioether (sulfide) groups is 1. The van der Waals surface area contributed by atoms with E-state index in [1.54, 1.807) is 18.2 Å². The molecular weight excluding hydrogens is 366 g/mol. The number of phenols is 1. The third kappa shape index (κ3) is 2.90. The highest BCUT2D eigenvalue weighted by Crippen LogP contribution is 2.44. The number of fused-ring (bicyclic) bond motifs is 1. The average Bonchev–Trinajstić information content (AvgIpc) is 2.66. The number of hydrogen-bond acceptors (Lipinski definition) is 7. The minimum atomic E-state index is -0.576. The van der Waals surface area contributed by atoms with Gasteiger partial charge in [-0.3, -0.25) is 9.59 Å². The quantitative estimate of drug-likeness (QED) is 0.551. The molecule has 0 spiro atoms. The minimum absolute atomic E-state index is 0.0167. The van der Waals surface area contributed by atoms with Gasteiger partial charge in [0.2, 0.25) is 0 Å². The number of carbonyl (C=O) groups excluding carboxylic acids is 1. The maximum absolute atomic E-state index is 12.8. The average molecular weight is 385 g/mol. The van der Waals surface area contributed by atoms with E-state index in [2.05, 4.69) is 15.3 Å². The van der Waals surface area contributed by atoms with Gasteiger partial charge in [-0.1, -0.05) is 17.8 Å². The summed E-state index contributed by atoms with van der Waals surface area (Å²) < 4.78 is 5.11. The van der Waals surface area contributed by atoms with Gasteiger partial charge in [-0.05, 0) is 36.8 Å². The SMILES string of the molecule is COc1ccc(C2C3=C(CCCC3=O)Nc3nc(SC)[nH]c(=O)c32)cc1O. The van der Waals surface area contributed by atoms with Gasteiger partial charge in [0.1, 0.15) is 5.82 Å². The largest absolute Gasteiger partial charge is 0.504 e. The van der Waals surface area contributed by atoms with Crippen LogP contribution in [0, 0.1) is 0 Å². The first kappa shape index (κ1) is 17.7. The van der Waals surface area contributed by atoms with Gasteiger partial charge in [0.25, 0.3) is 5.56 Å². The van der Waals surface area contributed by atoms with Crippen LogP contribution in [0.2, 0.25) is 0 Å². The molecule has 0 amide bonds. The van der Waals surface area contributed by atoms with E-state index in [0.29, 0.717) is 39.8 Å². The first-order valence-corrected chi connectivity index (χ1v) is 9.84. The third-order valence-electron chi connectivity index (χ3n) is 4.97. The molecule has 1 atom stereocenters. The van der Waals surface area contributed by atoms with Crippen LogP contribution in [0.4, 0.5) is 5.82 Å². The van der Waals surface area contributed by atoms with Gasteiger partial charge >= 0.3 is 0 Å². The number of ketones is 1. The number of nitrogens with zero attached hydrogens (tertiary/aromatic N) is 1. The maximum atomic E-state index is 12.8. The van der Waals surface area contributed by atoms with Gasteiger partial charge in [0, 0.05) is 23.6 Å². The second kappa shape index (κ2) is 6.77. The summed E-state index contributed by atoms with van der Waals surface area (Å²) in [4.78, 5) is 32.9. The van der Waals surface area contributed by atoms with Crippen molar-refractivity contribution >= 4 is 23.4 Å². The Morgan fingerprint density at radius 3 is 2.81 bits per heavy atom. The second-order valence-electron chi connectivity index (χ2n) is 6.50. The Kier molecular flexibility index (Phi) is 4.43. The Balaban J connectivity index is 1.97. The van der Waals surface area contributed by atoms with Crippen LogP contribution in [0.15, 0.2) is 39.4 Å². The van der Waals surface area contributed by atoms with Crippen LogP contribution < -0.4 is 15.6 Å². The second-order valence-corrected chi connectivity index (χ2v) is 7.29. The molecule has 3 N–H and O–H groups in total. The van der Waals surface area contributed by atoms with Crippen LogP contribution in [0.1, 0.15) is 36.3 Å². The molecular formula is C19H19N3O4S. The Bertz CT molecular complexity index is 1030. The summed E-state index contributed by atoms with van der Waals surface area (Å²) in [7, 11) is 1.47. The van der Waals surface area contributed by atoms with E-state index in [9.17, 15) is 14.7 Å². The van der Waals surface area contributed by atoms with Crippen molar-refractivity contribution in [1.82, 2.24) is 9.97 Å². The number of hydrogen-bond donors (Lipinski definition) is 3. The lowest BCUT2D eigenvalue weighted by Crippen LogP contribution is -2.32. The summed E-state index contributed by atoms with van der Waals surface area (Å²) >= 11 is 1.34. The highest BCUT2D eigenvalue weighted by Gasteiger charge is 2.38. The Morgan fingerprint density at radius 1 is 1.30 bits per heavy atom. The molecule has 1 aliphatic heterocycles. The first-order chi connectivity index (χ1) is 13.0. The number of phenolic OH excluding ortho intramolecular Hbond substituents is 1. The number of ether oxygens (including phenoxy) is 1. The van der Waals surface area contributed by atoms with Gasteiger partial charge in [0.05, 0.1) is 12.7 Å². The highest BCUT2D eigenvalue weighted by atomic mass is 32.2. The van der Waals surface area contributed by atoms with Gasteiger partial charge in [-0.25, -0.2) is 4.98 Å². The van der Waals surface area contributed by atoms with Crippen LogP contribution in [0.5, 0.6) is 11.5 Å². The molecule has 2 heterocycles. The van der Waals surface area contributed by atoms with Crippen molar-refractivity contribution in [2.45, 2.75) is 30.3 Å². The number of allylic oxidation sites excluding steroid dienone is 2. The standard InChI is InChI=1S/C19H19N3O4S/c1-26-13-7-6-9(8-12(13)24)14-15-10(4-3-5-11(15)23)20-17-16(14)18(25)22-19(21-17)27-2/h6-8,14,24H,3-5H2,1-2H3,(H2,20,21,22,25). The Labute approximate surface area is 159 Å². The molecule has 0 radical (unpaired) electrons. The summed E-state index contributed by atoms with van der Waals surface area (Å²) in [6.45, 7) is 0. The number of benzene rings is 1. The van der Waals surface area contributed by atoms with Crippen LogP contribution in [-0.4, -0.2) is 34.2 Å². The molecule has 2 aromatic rings. The normalized spacial score (nSPS) is 18.6. The summed E-state index contributed by atoms with van der Waals surface area (Å²) in [6, 6.07) is 4.96. The van der Waals surface area contributed by atoms with Crippen molar-refractivity contribution in [2.75, 3.05) is 18.7 Å². The van der Waals surface area contributed by atoms with Gasteiger partial charge in [0.15, 0.2) is 22.4 Å². The molecule has 4 rings (SSSR count). The number of aromatic hydroxyl groups is 1. The number of H-pyrrole nitrogens is 1. The summed E-state index contributed by atoms with van der Waals surface area (Å²) in [5, 5.41) is 14.0. The fraction of sp³-hybridized carbons (Fsp3) is 0.316. The van der Waals surface area contributed by atoms with E-state index >= 15 is 0 Å². The lowest BCUT2D eigenvalue weighted by molar-refractivity contribution is -0.116. The van der Waals surface area contributed by atoms with E-state index in [4.69, 9.17) is 4.74 Å². The fourth-order valence-corrected chi connectivity index (χ4v) is 4.13. The van der Waals surface area contributed by atoms with Crippen LogP contribution in [0.3, 0.4) is 0 Å². The predicted octanol–water partition coefficient (Wildman–Crippen LogP) is 2.77. The van der Waals surface area contributed by atoms with Crippen molar-refractivity contribution < 1.29 is 14.6 Å². The highest BCUT2D eigenvalue weighted by molar-refractivity contribution is 7.98. The van der Waals surface area contributed by atoms with Crippen LogP contribution in [-0.2, 0) is 4.79 Å². The van der Waals surface area contributed by atoms with E-state index in [-0.39, 0.29) is 17.1 Å². The number of carbonyl (C=O) groups is 1. The number of aromatic amines is 1. The number of methoxy groups -OCH3 is 1. The zero-order valence-electron chi connectivity index (χ0n) is 15.0. The third-order valence-corrected chi connectivity index (χ3v) is 5.55. The van der Waals surface area contributed by atoms with Crippen LogP contribution >= 0.6 is 11.8 Å². The topological polar surface area (TPSA) is 104 Å². The first-order valence-electron chi connectivity index (χ1n) is 8.61. The molecule has 27 heavy (non-hydrogen) atoms. The number of Topliss-reactive ketones (excluding diaryl/α,β-unsaturated/α-hetero) is 1. The molecule has 2 aliphatic rings. The molecule has 0 fully saturated rings. The zero-order valence-corrected chi connectivity index (χ0v) is 15.8. The summed E-state index contributed by atoms with van der Waals surface area (Å²) in [6.07, 6.45) is 3.77. The van der Waals surface area contributed by atoms with Gasteiger partial charge in [-0.2, -0.15) is 0 Å². The molecule has 8 heteroatoms. The molecule has 0 saturated heterocycles. The Hall–Kier alpha value is -2.74. The van der Waals surface area contributed by atoms with E-state index in [0.717, 1.165) is 18.5 Å². The molecule has 140 valence electrons. The van der Waals surface area contributed by atoms with Crippen LogP contribution in [0.25, 0.3) is 0 Å². The van der Waals surface area contributed by atoms with Crippen molar-refractivity contribution in [2.24, 2.45) is 0 Å². The van der Waals surface area contributed by atoms with E-state index in [1.807, 2.05) is 6.26 Å². The van der Waals surface area contributed by atoms with Crippen molar-refractivity contribution in [3.05, 3.63) is 50.9 Å². The lowest BCUT2D eigenvalue weighted by Gasteiger charge is -2.32. The van der Waals surface area contributed by atoms with Gasteiger partial charge in [-0.15, -0.1) is 0 Å². The smallest absolute Gasteiger partial charge is 0.257 e.